The largest absolute Gasteiger partial charge is 0.481 e. The molecular weight excluding hydrogens is 260 g/mol. The van der Waals surface area contributed by atoms with Gasteiger partial charge in [-0.1, -0.05) is 6.42 Å². The van der Waals surface area contributed by atoms with E-state index in [2.05, 4.69) is 9.97 Å². The Labute approximate surface area is 113 Å². The van der Waals surface area contributed by atoms with Gasteiger partial charge in [0.1, 0.15) is 0 Å². The number of aliphatic carboxylic acids is 1. The number of aromatic nitrogens is 2. The van der Waals surface area contributed by atoms with Gasteiger partial charge in [-0.3, -0.25) is 9.59 Å². The molecule has 0 saturated heterocycles. The Morgan fingerprint density at radius 2 is 1.80 bits per heavy atom. The average Bonchev–Trinajstić information content (AvgIpc) is 3.01. The summed E-state index contributed by atoms with van der Waals surface area (Å²) in [6.07, 6.45) is 1.92. The first-order chi connectivity index (χ1) is 9.56. The molecule has 1 aromatic carbocycles. The maximum Gasteiger partial charge on any atom is 0.323 e. The Hall–Kier alpha value is -2.37. The highest BCUT2D eigenvalue weighted by Gasteiger charge is 2.37. The van der Waals surface area contributed by atoms with Crippen molar-refractivity contribution in [3.05, 3.63) is 34.2 Å². The fraction of sp³-hybridized carbons (Fsp3) is 0.357. The number of H-pyrrole nitrogens is 2. The standard InChI is InChI=1S/C14H14N2O4/c17-12(8-2-1-3-9(8)13(18)19)7-4-5-10-11(6-7)16-14(20)15-10/h4-6,8-9H,1-3H2,(H,18,19)(H2,15,16,20). The molecule has 1 aliphatic carbocycles. The van der Waals surface area contributed by atoms with E-state index >= 15 is 0 Å². The van der Waals surface area contributed by atoms with Crippen LogP contribution in [0.3, 0.4) is 0 Å². The van der Waals surface area contributed by atoms with Gasteiger partial charge < -0.3 is 15.1 Å². The number of carboxylic acid groups (broad SMARTS) is 1. The van der Waals surface area contributed by atoms with E-state index < -0.39 is 17.8 Å². The van der Waals surface area contributed by atoms with Gasteiger partial charge in [-0.25, -0.2) is 4.79 Å². The molecule has 0 aliphatic heterocycles. The van der Waals surface area contributed by atoms with Crippen molar-refractivity contribution in [1.29, 1.82) is 0 Å². The van der Waals surface area contributed by atoms with E-state index in [-0.39, 0.29) is 11.5 Å². The predicted molar refractivity (Wildman–Crippen MR) is 71.7 cm³/mol. The zero-order valence-corrected chi connectivity index (χ0v) is 10.7. The first-order valence-electron chi connectivity index (χ1n) is 6.55. The second-order valence-corrected chi connectivity index (χ2v) is 5.19. The fourth-order valence-corrected chi connectivity index (χ4v) is 2.97. The van der Waals surface area contributed by atoms with E-state index in [0.29, 0.717) is 29.4 Å². The second-order valence-electron chi connectivity index (χ2n) is 5.19. The van der Waals surface area contributed by atoms with Gasteiger partial charge in [0, 0.05) is 11.5 Å². The van der Waals surface area contributed by atoms with Crippen molar-refractivity contribution in [2.45, 2.75) is 19.3 Å². The number of fused-ring (bicyclic) bond motifs is 1. The van der Waals surface area contributed by atoms with Gasteiger partial charge in [0.25, 0.3) is 0 Å². The number of carboxylic acids is 1. The summed E-state index contributed by atoms with van der Waals surface area (Å²) in [7, 11) is 0. The van der Waals surface area contributed by atoms with E-state index in [4.69, 9.17) is 5.11 Å². The third-order valence-electron chi connectivity index (χ3n) is 3.97. The number of carbonyl (C=O) groups excluding carboxylic acids is 1. The van der Waals surface area contributed by atoms with E-state index in [1.165, 1.54) is 0 Å². The van der Waals surface area contributed by atoms with Gasteiger partial charge in [0.05, 0.1) is 17.0 Å². The highest BCUT2D eigenvalue weighted by atomic mass is 16.4. The molecule has 1 aliphatic rings. The smallest absolute Gasteiger partial charge is 0.323 e. The average molecular weight is 274 g/mol. The SMILES string of the molecule is O=C(O)C1CCCC1C(=O)c1ccc2[nH]c(=O)[nH]c2c1. The lowest BCUT2D eigenvalue weighted by Crippen LogP contribution is -2.25. The normalized spacial score (nSPS) is 22.2. The topological polar surface area (TPSA) is 103 Å². The minimum atomic E-state index is -0.906. The van der Waals surface area contributed by atoms with Crippen LogP contribution in [-0.4, -0.2) is 26.8 Å². The number of hydrogen-bond acceptors (Lipinski definition) is 3. The fourth-order valence-electron chi connectivity index (χ4n) is 2.97. The van der Waals surface area contributed by atoms with Crippen LogP contribution in [0.15, 0.2) is 23.0 Å². The number of imidazole rings is 1. The number of rotatable bonds is 3. The number of hydrogen-bond donors (Lipinski definition) is 3. The van der Waals surface area contributed by atoms with Gasteiger partial charge >= 0.3 is 11.7 Å². The summed E-state index contributed by atoms with van der Waals surface area (Å²) in [5, 5.41) is 9.15. The van der Waals surface area contributed by atoms with Gasteiger partial charge in [-0.15, -0.1) is 0 Å². The van der Waals surface area contributed by atoms with Crippen LogP contribution in [0.5, 0.6) is 0 Å². The molecule has 20 heavy (non-hydrogen) atoms. The molecule has 0 radical (unpaired) electrons. The van der Waals surface area contributed by atoms with Gasteiger partial charge in [0.2, 0.25) is 0 Å². The molecule has 0 bridgehead atoms. The number of nitrogens with one attached hydrogen (secondary N) is 2. The van der Waals surface area contributed by atoms with Crippen LogP contribution in [0.4, 0.5) is 0 Å². The molecule has 1 heterocycles. The Morgan fingerprint density at radius 1 is 1.10 bits per heavy atom. The van der Waals surface area contributed by atoms with Gasteiger partial charge in [0.15, 0.2) is 5.78 Å². The molecule has 3 N–H and O–H groups in total. The molecule has 6 nitrogen and oxygen atoms in total. The first kappa shape index (κ1) is 12.7. The zero-order valence-electron chi connectivity index (χ0n) is 10.7. The number of aromatic amines is 2. The molecule has 0 amide bonds. The van der Waals surface area contributed by atoms with Gasteiger partial charge in [-0.2, -0.15) is 0 Å². The van der Waals surface area contributed by atoms with Crippen LogP contribution >= 0.6 is 0 Å². The summed E-state index contributed by atoms with van der Waals surface area (Å²) in [5.41, 5.74) is 1.32. The summed E-state index contributed by atoms with van der Waals surface area (Å²) < 4.78 is 0. The van der Waals surface area contributed by atoms with Crippen LogP contribution in [0, 0.1) is 11.8 Å². The number of ketones is 1. The van der Waals surface area contributed by atoms with Crippen molar-refractivity contribution in [1.82, 2.24) is 9.97 Å². The quantitative estimate of drug-likeness (QED) is 0.738. The molecule has 1 fully saturated rings. The zero-order chi connectivity index (χ0) is 14.3. The van der Waals surface area contributed by atoms with Crippen molar-refractivity contribution < 1.29 is 14.7 Å². The van der Waals surface area contributed by atoms with Crippen LogP contribution in [0.2, 0.25) is 0 Å². The number of Topliss-reactive ketones (excluding diaryl/α,β-unsaturated/α-hetero) is 1. The second kappa shape index (κ2) is 4.63. The summed E-state index contributed by atoms with van der Waals surface area (Å²) in [6, 6.07) is 4.89. The van der Waals surface area contributed by atoms with Crippen molar-refractivity contribution in [3.8, 4) is 0 Å². The minimum absolute atomic E-state index is 0.154. The summed E-state index contributed by atoms with van der Waals surface area (Å²) in [6.45, 7) is 0. The lowest BCUT2D eigenvalue weighted by atomic mass is 9.88. The molecule has 3 rings (SSSR count). The highest BCUT2D eigenvalue weighted by molar-refractivity contribution is 6.02. The number of carbonyl (C=O) groups is 2. The van der Waals surface area contributed by atoms with Gasteiger partial charge in [-0.05, 0) is 31.0 Å². The minimum Gasteiger partial charge on any atom is -0.481 e. The third-order valence-corrected chi connectivity index (χ3v) is 3.97. The molecule has 2 aromatic rings. The van der Waals surface area contributed by atoms with E-state index in [1.807, 2.05) is 0 Å². The monoisotopic (exact) mass is 274 g/mol. The Balaban J connectivity index is 1.95. The maximum atomic E-state index is 12.4. The van der Waals surface area contributed by atoms with Crippen molar-refractivity contribution in [2.75, 3.05) is 0 Å². The summed E-state index contributed by atoms with van der Waals surface area (Å²) >= 11 is 0. The Morgan fingerprint density at radius 3 is 2.55 bits per heavy atom. The molecule has 0 spiro atoms. The summed E-state index contributed by atoms with van der Waals surface area (Å²) in [4.78, 5) is 40.0. The van der Waals surface area contributed by atoms with Crippen LogP contribution in [0.25, 0.3) is 11.0 Å². The van der Waals surface area contributed by atoms with Crippen molar-refractivity contribution >= 4 is 22.8 Å². The maximum absolute atomic E-state index is 12.4. The van der Waals surface area contributed by atoms with E-state index in [1.54, 1.807) is 18.2 Å². The Kier molecular flexibility index (Phi) is 2.93. The van der Waals surface area contributed by atoms with E-state index in [0.717, 1.165) is 6.42 Å². The van der Waals surface area contributed by atoms with Crippen LogP contribution < -0.4 is 5.69 Å². The molecule has 2 atom stereocenters. The molecule has 6 heteroatoms. The van der Waals surface area contributed by atoms with Crippen LogP contribution in [0.1, 0.15) is 29.6 Å². The highest BCUT2D eigenvalue weighted by Crippen LogP contribution is 2.34. The molecule has 104 valence electrons. The lowest BCUT2D eigenvalue weighted by Gasteiger charge is -2.14. The molecule has 2 unspecified atom stereocenters. The Bertz CT molecular complexity index is 743. The summed E-state index contributed by atoms with van der Waals surface area (Å²) in [5.74, 6) is -2.12. The van der Waals surface area contributed by atoms with E-state index in [9.17, 15) is 14.4 Å². The predicted octanol–water partition coefficient (Wildman–Crippen LogP) is 1.54. The molecule has 1 aromatic heterocycles. The first-order valence-corrected chi connectivity index (χ1v) is 6.55. The van der Waals surface area contributed by atoms with Crippen LogP contribution in [-0.2, 0) is 4.79 Å². The number of benzene rings is 1. The third kappa shape index (κ3) is 2.03. The molecular formula is C14H14N2O4. The molecule has 1 saturated carbocycles. The van der Waals surface area contributed by atoms with Crippen molar-refractivity contribution in [2.24, 2.45) is 11.8 Å². The van der Waals surface area contributed by atoms with Crippen molar-refractivity contribution in [3.63, 3.8) is 0 Å². The lowest BCUT2D eigenvalue weighted by molar-refractivity contribution is -0.142.